The SMILES string of the molecule is O=C(Cc1cc2c(cc1Br)OCO2)Nc1cc(C2=CCNC=C2)cs1. The van der Waals surface area contributed by atoms with Crippen molar-refractivity contribution in [2.45, 2.75) is 6.42 Å². The third-order valence-electron chi connectivity index (χ3n) is 3.91. The molecule has 25 heavy (non-hydrogen) atoms. The van der Waals surface area contributed by atoms with Gasteiger partial charge in [0.05, 0.1) is 11.4 Å². The molecule has 0 bridgehead atoms. The summed E-state index contributed by atoms with van der Waals surface area (Å²) in [4.78, 5) is 12.4. The van der Waals surface area contributed by atoms with Gasteiger partial charge in [0, 0.05) is 16.4 Å². The number of nitrogens with one attached hydrogen (secondary N) is 2. The average molecular weight is 419 g/mol. The van der Waals surface area contributed by atoms with Gasteiger partial charge < -0.3 is 20.1 Å². The zero-order valence-corrected chi connectivity index (χ0v) is 15.6. The van der Waals surface area contributed by atoms with Crippen LogP contribution in [0, 0.1) is 0 Å². The van der Waals surface area contributed by atoms with Gasteiger partial charge in [0.15, 0.2) is 11.5 Å². The molecule has 5 nitrogen and oxygen atoms in total. The van der Waals surface area contributed by atoms with Crippen molar-refractivity contribution < 1.29 is 14.3 Å². The van der Waals surface area contributed by atoms with Crippen LogP contribution in [0.5, 0.6) is 11.5 Å². The number of amides is 1. The molecular weight excluding hydrogens is 404 g/mol. The highest BCUT2D eigenvalue weighted by Gasteiger charge is 2.18. The van der Waals surface area contributed by atoms with Crippen molar-refractivity contribution in [3.63, 3.8) is 0 Å². The van der Waals surface area contributed by atoms with Crippen LogP contribution in [0.4, 0.5) is 5.00 Å². The summed E-state index contributed by atoms with van der Waals surface area (Å²) in [6.45, 7) is 1.04. The fourth-order valence-electron chi connectivity index (χ4n) is 2.67. The Morgan fingerprint density at radius 3 is 2.92 bits per heavy atom. The lowest BCUT2D eigenvalue weighted by molar-refractivity contribution is -0.115. The molecule has 128 valence electrons. The van der Waals surface area contributed by atoms with Crippen LogP contribution < -0.4 is 20.1 Å². The van der Waals surface area contributed by atoms with E-state index in [-0.39, 0.29) is 19.1 Å². The van der Waals surface area contributed by atoms with Crippen LogP contribution in [-0.2, 0) is 11.2 Å². The summed E-state index contributed by atoms with van der Waals surface area (Å²) in [6.07, 6.45) is 6.34. The van der Waals surface area contributed by atoms with Gasteiger partial charge in [0.1, 0.15) is 0 Å². The highest BCUT2D eigenvalue weighted by molar-refractivity contribution is 9.10. The Bertz CT molecular complexity index is 888. The Balaban J connectivity index is 1.44. The Morgan fingerprint density at radius 1 is 1.28 bits per heavy atom. The fraction of sp³-hybridized carbons (Fsp3) is 0.167. The van der Waals surface area contributed by atoms with E-state index in [1.165, 1.54) is 11.3 Å². The lowest BCUT2D eigenvalue weighted by Crippen LogP contribution is -2.13. The van der Waals surface area contributed by atoms with Crippen LogP contribution >= 0.6 is 27.3 Å². The molecule has 1 aromatic heterocycles. The number of carbonyl (C=O) groups excluding carboxylic acids is 1. The van der Waals surface area contributed by atoms with Crippen LogP contribution in [0.15, 0.2) is 46.4 Å². The molecule has 7 heteroatoms. The maximum atomic E-state index is 12.4. The molecule has 2 N–H and O–H groups in total. The molecule has 2 aromatic rings. The molecule has 1 aromatic carbocycles. The molecule has 0 saturated heterocycles. The summed E-state index contributed by atoms with van der Waals surface area (Å²) in [5, 5.41) is 8.98. The van der Waals surface area contributed by atoms with Gasteiger partial charge in [-0.25, -0.2) is 0 Å². The molecule has 2 aliphatic rings. The molecular formula is C18H15BrN2O3S. The first-order valence-corrected chi connectivity index (χ1v) is 9.43. The lowest BCUT2D eigenvalue weighted by atomic mass is 10.1. The van der Waals surface area contributed by atoms with Crippen LogP contribution in [-0.4, -0.2) is 19.2 Å². The van der Waals surface area contributed by atoms with Gasteiger partial charge in [-0.05, 0) is 47.2 Å². The zero-order valence-electron chi connectivity index (χ0n) is 13.2. The van der Waals surface area contributed by atoms with E-state index in [1.807, 2.05) is 35.9 Å². The van der Waals surface area contributed by atoms with E-state index in [2.05, 4.69) is 32.6 Å². The molecule has 2 aliphatic heterocycles. The number of thiophene rings is 1. The number of fused-ring (bicyclic) bond motifs is 1. The van der Waals surface area contributed by atoms with Crippen molar-refractivity contribution >= 4 is 43.7 Å². The summed E-state index contributed by atoms with van der Waals surface area (Å²) < 4.78 is 11.5. The van der Waals surface area contributed by atoms with Gasteiger partial charge in [-0.3, -0.25) is 4.79 Å². The average Bonchev–Trinajstić information content (AvgIpc) is 3.25. The number of hydrogen-bond acceptors (Lipinski definition) is 5. The Labute approximate surface area is 157 Å². The smallest absolute Gasteiger partial charge is 0.231 e. The monoisotopic (exact) mass is 418 g/mol. The zero-order chi connectivity index (χ0) is 17.2. The summed E-state index contributed by atoms with van der Waals surface area (Å²) in [7, 11) is 0. The van der Waals surface area contributed by atoms with Gasteiger partial charge in [-0.1, -0.05) is 22.0 Å². The van der Waals surface area contributed by atoms with Crippen LogP contribution in [0.25, 0.3) is 5.57 Å². The Hall–Kier alpha value is -2.25. The Kier molecular flexibility index (Phi) is 4.50. The topological polar surface area (TPSA) is 59.6 Å². The maximum Gasteiger partial charge on any atom is 0.231 e. The van der Waals surface area contributed by atoms with Crippen LogP contribution in [0.1, 0.15) is 11.1 Å². The predicted octanol–water partition coefficient (Wildman–Crippen LogP) is 3.92. The number of ether oxygens (including phenoxy) is 2. The summed E-state index contributed by atoms with van der Waals surface area (Å²) >= 11 is 5.01. The predicted molar refractivity (Wildman–Crippen MR) is 102 cm³/mol. The van der Waals surface area contributed by atoms with Crippen molar-refractivity contribution in [1.82, 2.24) is 5.32 Å². The molecule has 0 unspecified atom stereocenters. The second kappa shape index (κ2) is 6.93. The van der Waals surface area contributed by atoms with Gasteiger partial charge in [-0.15, -0.1) is 11.3 Å². The molecule has 0 atom stereocenters. The highest BCUT2D eigenvalue weighted by atomic mass is 79.9. The third kappa shape index (κ3) is 3.57. The summed E-state index contributed by atoms with van der Waals surface area (Å²) in [5.41, 5.74) is 3.14. The minimum absolute atomic E-state index is 0.0669. The van der Waals surface area contributed by atoms with Gasteiger partial charge in [-0.2, -0.15) is 0 Å². The number of rotatable bonds is 4. The van der Waals surface area contributed by atoms with Crippen molar-refractivity contribution in [3.05, 3.63) is 57.5 Å². The third-order valence-corrected chi connectivity index (χ3v) is 5.49. The van der Waals surface area contributed by atoms with Gasteiger partial charge in [0.25, 0.3) is 0 Å². The molecule has 0 spiro atoms. The van der Waals surface area contributed by atoms with E-state index < -0.39 is 0 Å². The quantitative estimate of drug-likeness (QED) is 0.789. The summed E-state index contributed by atoms with van der Waals surface area (Å²) in [5.74, 6) is 1.30. The largest absolute Gasteiger partial charge is 0.454 e. The van der Waals surface area contributed by atoms with Crippen molar-refractivity contribution in [2.24, 2.45) is 0 Å². The first-order chi connectivity index (χ1) is 12.2. The second-order valence-corrected chi connectivity index (χ2v) is 7.39. The minimum atomic E-state index is -0.0669. The van der Waals surface area contributed by atoms with E-state index in [0.717, 1.165) is 32.7 Å². The molecule has 0 radical (unpaired) electrons. The first-order valence-electron chi connectivity index (χ1n) is 7.76. The van der Waals surface area contributed by atoms with Crippen LogP contribution in [0.3, 0.4) is 0 Å². The standard InChI is InChI=1S/C18H15BrN2O3S/c19-14-8-16-15(23-10-24-16)5-12(14)6-17(22)21-18-7-13(9-25-18)11-1-3-20-4-2-11/h1-3,5,7-9,20H,4,6,10H2,(H,21,22). The summed E-state index contributed by atoms with van der Waals surface area (Å²) in [6, 6.07) is 5.68. The number of benzene rings is 1. The van der Waals surface area contributed by atoms with E-state index in [0.29, 0.717) is 11.5 Å². The number of allylic oxidation sites excluding steroid dienone is 2. The fourth-order valence-corrected chi connectivity index (χ4v) is 3.96. The van der Waals surface area contributed by atoms with E-state index in [9.17, 15) is 4.79 Å². The van der Waals surface area contributed by atoms with Gasteiger partial charge >= 0.3 is 0 Å². The van der Waals surface area contributed by atoms with E-state index in [4.69, 9.17) is 9.47 Å². The molecule has 0 saturated carbocycles. The number of halogens is 1. The van der Waals surface area contributed by atoms with Crippen molar-refractivity contribution in [2.75, 3.05) is 18.7 Å². The van der Waals surface area contributed by atoms with Crippen molar-refractivity contribution in [1.29, 1.82) is 0 Å². The molecule has 0 fully saturated rings. The molecule has 1 amide bonds. The number of hydrogen-bond donors (Lipinski definition) is 2. The molecule has 3 heterocycles. The second-order valence-electron chi connectivity index (χ2n) is 5.62. The minimum Gasteiger partial charge on any atom is -0.454 e. The van der Waals surface area contributed by atoms with Crippen molar-refractivity contribution in [3.8, 4) is 11.5 Å². The number of anilines is 1. The van der Waals surface area contributed by atoms with Crippen LogP contribution in [0.2, 0.25) is 0 Å². The van der Waals surface area contributed by atoms with E-state index >= 15 is 0 Å². The highest BCUT2D eigenvalue weighted by Crippen LogP contribution is 2.37. The van der Waals surface area contributed by atoms with Gasteiger partial charge in [0.2, 0.25) is 12.7 Å². The lowest BCUT2D eigenvalue weighted by Gasteiger charge is -2.07. The van der Waals surface area contributed by atoms with E-state index in [1.54, 1.807) is 0 Å². The maximum absolute atomic E-state index is 12.4. The normalized spacial score (nSPS) is 14.8. The Morgan fingerprint density at radius 2 is 2.12 bits per heavy atom. The number of dihydropyridines is 1. The first kappa shape index (κ1) is 16.2. The molecule has 4 rings (SSSR count). The number of carbonyl (C=O) groups is 1. The molecule has 0 aliphatic carbocycles.